The van der Waals surface area contributed by atoms with E-state index in [9.17, 15) is 4.79 Å². The predicted molar refractivity (Wildman–Crippen MR) is 73.8 cm³/mol. The minimum Gasteiger partial charge on any atom is -0.399 e. The molecule has 0 amide bonds. The van der Waals surface area contributed by atoms with E-state index in [2.05, 4.69) is 4.99 Å². The van der Waals surface area contributed by atoms with Gasteiger partial charge in [-0.1, -0.05) is 11.6 Å². The van der Waals surface area contributed by atoms with Crippen LogP contribution in [0.15, 0.2) is 51.6 Å². The second-order valence-electron chi connectivity index (χ2n) is 3.97. The van der Waals surface area contributed by atoms with Crippen molar-refractivity contribution in [1.29, 1.82) is 0 Å². The summed E-state index contributed by atoms with van der Waals surface area (Å²) in [5.74, 6) is -0.259. The van der Waals surface area contributed by atoms with Crippen LogP contribution in [0.5, 0.6) is 0 Å². The van der Waals surface area contributed by atoms with E-state index < -0.39 is 0 Å². The van der Waals surface area contributed by atoms with E-state index in [1.54, 1.807) is 37.3 Å². The molecule has 1 aromatic rings. The van der Waals surface area contributed by atoms with Crippen molar-refractivity contribution >= 4 is 34.5 Å². The predicted octanol–water partition coefficient (Wildman–Crippen LogP) is 2.28. The van der Waals surface area contributed by atoms with Crippen molar-refractivity contribution in [3.05, 3.63) is 46.6 Å². The van der Waals surface area contributed by atoms with Gasteiger partial charge in [0.25, 0.3) is 0 Å². The number of allylic oxidation sites excluding steroid dienone is 3. The van der Waals surface area contributed by atoms with Gasteiger partial charge in [-0.05, 0) is 37.3 Å². The molecule has 0 atom stereocenters. The molecule has 0 aliphatic heterocycles. The van der Waals surface area contributed by atoms with Crippen LogP contribution in [-0.2, 0) is 4.79 Å². The highest BCUT2D eigenvalue weighted by Gasteiger charge is 2.21. The van der Waals surface area contributed by atoms with Crippen molar-refractivity contribution < 1.29 is 4.79 Å². The first-order valence-electron chi connectivity index (χ1n) is 5.32. The summed E-state index contributed by atoms with van der Waals surface area (Å²) in [4.78, 5) is 15.9. The molecule has 0 spiro atoms. The molecule has 0 saturated carbocycles. The Kier molecular flexibility index (Phi) is 3.21. The van der Waals surface area contributed by atoms with E-state index in [0.717, 1.165) is 0 Å². The van der Waals surface area contributed by atoms with Crippen molar-refractivity contribution in [2.24, 2.45) is 10.7 Å². The molecule has 2 rings (SSSR count). The van der Waals surface area contributed by atoms with E-state index in [0.29, 0.717) is 22.7 Å². The number of nitrogens with two attached hydrogens (primary N) is 2. The fraction of sp³-hybridized carbons (Fsp3) is 0.0769. The highest BCUT2D eigenvalue weighted by Crippen LogP contribution is 2.23. The molecule has 1 aliphatic carbocycles. The van der Waals surface area contributed by atoms with Crippen LogP contribution in [-0.4, -0.2) is 11.5 Å². The van der Waals surface area contributed by atoms with Gasteiger partial charge >= 0.3 is 0 Å². The number of aliphatic imine (C=N–C) groups is 1. The lowest BCUT2D eigenvalue weighted by Crippen LogP contribution is -2.20. The Morgan fingerprint density at radius 3 is 2.39 bits per heavy atom. The lowest BCUT2D eigenvalue weighted by atomic mass is 10.0. The molecule has 18 heavy (non-hydrogen) atoms. The van der Waals surface area contributed by atoms with E-state index in [1.165, 1.54) is 0 Å². The molecule has 1 aromatic carbocycles. The zero-order valence-electron chi connectivity index (χ0n) is 9.77. The number of ketones is 1. The van der Waals surface area contributed by atoms with Crippen LogP contribution in [0.4, 0.5) is 11.4 Å². The Labute approximate surface area is 110 Å². The van der Waals surface area contributed by atoms with Crippen molar-refractivity contribution in [2.75, 3.05) is 5.73 Å². The lowest BCUT2D eigenvalue weighted by molar-refractivity contribution is -0.111. The SMILES string of the molecule is CC1=CC(=Nc2ccc(N)cc2)C(N)=C(Cl)C1=O. The number of benzene rings is 1. The zero-order valence-corrected chi connectivity index (χ0v) is 10.5. The highest BCUT2D eigenvalue weighted by molar-refractivity contribution is 6.49. The van der Waals surface area contributed by atoms with Gasteiger partial charge in [0.05, 0.1) is 17.1 Å². The van der Waals surface area contributed by atoms with Gasteiger partial charge < -0.3 is 11.5 Å². The highest BCUT2D eigenvalue weighted by atomic mass is 35.5. The summed E-state index contributed by atoms with van der Waals surface area (Å²) in [6.07, 6.45) is 1.62. The van der Waals surface area contributed by atoms with Crippen LogP contribution >= 0.6 is 11.6 Å². The summed E-state index contributed by atoms with van der Waals surface area (Å²) in [6, 6.07) is 7.02. The number of halogens is 1. The van der Waals surface area contributed by atoms with Gasteiger partial charge in [0.15, 0.2) is 0 Å². The van der Waals surface area contributed by atoms with Gasteiger partial charge in [0, 0.05) is 11.3 Å². The molecule has 0 saturated heterocycles. The number of carbonyl (C=O) groups excluding carboxylic acids is 1. The minimum absolute atomic E-state index is 0.0178. The van der Waals surface area contributed by atoms with E-state index in [-0.39, 0.29) is 16.5 Å². The van der Waals surface area contributed by atoms with Crippen LogP contribution < -0.4 is 11.5 Å². The van der Waals surface area contributed by atoms with Crippen LogP contribution in [0.1, 0.15) is 6.92 Å². The molecule has 0 unspecified atom stereocenters. The second-order valence-corrected chi connectivity index (χ2v) is 4.35. The van der Waals surface area contributed by atoms with Gasteiger partial charge in [-0.25, -0.2) is 4.99 Å². The smallest absolute Gasteiger partial charge is 0.202 e. The molecule has 4 nitrogen and oxygen atoms in total. The molecule has 0 fully saturated rings. The Bertz CT molecular complexity index is 597. The molecule has 0 radical (unpaired) electrons. The minimum atomic E-state index is -0.259. The first-order chi connectivity index (χ1) is 8.49. The molecule has 4 N–H and O–H groups in total. The van der Waals surface area contributed by atoms with Crippen LogP contribution in [0, 0.1) is 0 Å². The number of rotatable bonds is 1. The number of hydrogen-bond acceptors (Lipinski definition) is 4. The Balaban J connectivity index is 2.45. The second kappa shape index (κ2) is 4.66. The monoisotopic (exact) mass is 261 g/mol. The molecular weight excluding hydrogens is 250 g/mol. The molecule has 0 aromatic heterocycles. The Morgan fingerprint density at radius 2 is 1.78 bits per heavy atom. The van der Waals surface area contributed by atoms with Crippen molar-refractivity contribution in [1.82, 2.24) is 0 Å². The first kappa shape index (κ1) is 12.4. The summed E-state index contributed by atoms with van der Waals surface area (Å²) >= 11 is 5.86. The number of nitrogens with zero attached hydrogens (tertiary/aromatic N) is 1. The molecule has 92 valence electrons. The zero-order chi connectivity index (χ0) is 13.3. The third-order valence-corrected chi connectivity index (χ3v) is 2.94. The molecule has 5 heteroatoms. The fourth-order valence-electron chi connectivity index (χ4n) is 1.54. The maximum atomic E-state index is 11.6. The van der Waals surface area contributed by atoms with Crippen molar-refractivity contribution in [3.8, 4) is 0 Å². The maximum absolute atomic E-state index is 11.6. The largest absolute Gasteiger partial charge is 0.399 e. The number of hydrogen-bond donors (Lipinski definition) is 2. The van der Waals surface area contributed by atoms with E-state index in [1.807, 2.05) is 0 Å². The van der Waals surface area contributed by atoms with Crippen LogP contribution in [0.25, 0.3) is 0 Å². The van der Waals surface area contributed by atoms with E-state index >= 15 is 0 Å². The molecule has 1 aliphatic rings. The summed E-state index contributed by atoms with van der Waals surface area (Å²) in [5, 5.41) is 0.0178. The van der Waals surface area contributed by atoms with Crippen molar-refractivity contribution in [2.45, 2.75) is 6.92 Å². The average molecular weight is 262 g/mol. The third kappa shape index (κ3) is 2.28. The van der Waals surface area contributed by atoms with Crippen molar-refractivity contribution in [3.63, 3.8) is 0 Å². The van der Waals surface area contributed by atoms with Crippen LogP contribution in [0.3, 0.4) is 0 Å². The first-order valence-corrected chi connectivity index (χ1v) is 5.69. The number of carbonyl (C=O) groups is 1. The van der Waals surface area contributed by atoms with Gasteiger partial charge in [-0.3, -0.25) is 4.79 Å². The fourth-order valence-corrected chi connectivity index (χ4v) is 1.78. The average Bonchev–Trinajstić information content (AvgIpc) is 2.36. The Hall–Kier alpha value is -2.07. The summed E-state index contributed by atoms with van der Waals surface area (Å²) in [7, 11) is 0. The third-order valence-electron chi connectivity index (χ3n) is 2.57. The summed E-state index contributed by atoms with van der Waals surface area (Å²) < 4.78 is 0. The Morgan fingerprint density at radius 1 is 1.17 bits per heavy atom. The number of Topliss-reactive ketones (excluding diaryl/α,β-unsaturated/α-hetero) is 1. The molecule has 0 bridgehead atoms. The normalized spacial score (nSPS) is 18.2. The molecule has 0 heterocycles. The van der Waals surface area contributed by atoms with Crippen LogP contribution in [0.2, 0.25) is 0 Å². The topological polar surface area (TPSA) is 81.5 Å². The van der Waals surface area contributed by atoms with Gasteiger partial charge in [-0.2, -0.15) is 0 Å². The lowest BCUT2D eigenvalue weighted by Gasteiger charge is -2.12. The summed E-state index contributed by atoms with van der Waals surface area (Å²) in [5.41, 5.74) is 13.9. The molecular formula is C13H12ClN3O. The van der Waals surface area contributed by atoms with Gasteiger partial charge in [0.1, 0.15) is 5.03 Å². The number of nitrogen functional groups attached to an aromatic ring is 1. The number of anilines is 1. The maximum Gasteiger partial charge on any atom is 0.202 e. The van der Waals surface area contributed by atoms with E-state index in [4.69, 9.17) is 23.1 Å². The quantitative estimate of drug-likeness (QED) is 0.601. The van der Waals surface area contributed by atoms with Gasteiger partial charge in [-0.15, -0.1) is 0 Å². The summed E-state index contributed by atoms with van der Waals surface area (Å²) in [6.45, 7) is 1.68. The standard InChI is InChI=1S/C13H12ClN3O/c1-7-6-10(12(16)11(14)13(7)18)17-9-4-2-8(15)3-5-9/h2-6H,15-16H2,1H3. The van der Waals surface area contributed by atoms with Gasteiger partial charge in [0.2, 0.25) is 5.78 Å².